The van der Waals surface area contributed by atoms with Crippen LogP contribution in [0.5, 0.6) is 0 Å². The number of hydrogen-bond acceptors (Lipinski definition) is 1. The van der Waals surface area contributed by atoms with E-state index in [0.717, 1.165) is 12.4 Å². The molecular formula is C15H19IN2. The fraction of sp³-hybridized carbons (Fsp3) is 0.400. The maximum atomic E-state index is 4.48. The number of halogens is 1. The van der Waals surface area contributed by atoms with Crippen LogP contribution in [0.1, 0.15) is 32.6 Å². The van der Waals surface area contributed by atoms with E-state index in [1.165, 1.54) is 34.8 Å². The Labute approximate surface area is 123 Å². The molecule has 0 saturated carbocycles. The molecule has 0 spiro atoms. The highest BCUT2D eigenvalue weighted by Gasteiger charge is 2.05. The molecule has 2 aromatic rings. The molecule has 0 fully saturated rings. The largest absolute Gasteiger partial charge is 0.331 e. The SMILES string of the molecule is CCCCCCn1ccnc1-c1ccc(I)cc1. The van der Waals surface area contributed by atoms with Gasteiger partial charge in [-0.3, -0.25) is 0 Å². The molecule has 2 nitrogen and oxygen atoms in total. The Kier molecular flexibility index (Phi) is 5.23. The molecule has 0 N–H and O–H groups in total. The second kappa shape index (κ2) is 6.92. The fourth-order valence-corrected chi connectivity index (χ4v) is 2.42. The summed E-state index contributed by atoms with van der Waals surface area (Å²) in [5, 5.41) is 0. The number of aryl methyl sites for hydroxylation is 1. The van der Waals surface area contributed by atoms with Gasteiger partial charge in [0.1, 0.15) is 5.82 Å². The summed E-state index contributed by atoms with van der Waals surface area (Å²) in [4.78, 5) is 4.48. The van der Waals surface area contributed by atoms with Crippen LogP contribution in [0.15, 0.2) is 36.7 Å². The normalized spacial score (nSPS) is 10.8. The topological polar surface area (TPSA) is 17.8 Å². The van der Waals surface area contributed by atoms with Crippen molar-refractivity contribution in [3.63, 3.8) is 0 Å². The predicted octanol–water partition coefficient (Wildman–Crippen LogP) is 4.74. The summed E-state index contributed by atoms with van der Waals surface area (Å²) in [6.45, 7) is 3.32. The number of hydrogen-bond donors (Lipinski definition) is 0. The highest BCUT2D eigenvalue weighted by Crippen LogP contribution is 2.19. The van der Waals surface area contributed by atoms with E-state index in [-0.39, 0.29) is 0 Å². The third kappa shape index (κ3) is 3.57. The standard InChI is InChI=1S/C15H19IN2/c1-2-3-4-5-11-18-12-10-17-15(18)13-6-8-14(16)9-7-13/h6-10,12H,2-5,11H2,1H3. The van der Waals surface area contributed by atoms with Gasteiger partial charge < -0.3 is 4.57 Å². The predicted molar refractivity (Wildman–Crippen MR) is 84.5 cm³/mol. The van der Waals surface area contributed by atoms with Crippen LogP contribution in [0, 0.1) is 3.57 Å². The lowest BCUT2D eigenvalue weighted by molar-refractivity contribution is 0.586. The third-order valence-electron chi connectivity index (χ3n) is 3.07. The molecule has 0 aliphatic carbocycles. The Hall–Kier alpha value is -0.840. The summed E-state index contributed by atoms with van der Waals surface area (Å²) in [6, 6.07) is 8.55. The molecule has 0 radical (unpaired) electrons. The molecule has 1 aromatic carbocycles. The van der Waals surface area contributed by atoms with Crippen LogP contribution < -0.4 is 0 Å². The first-order valence-electron chi connectivity index (χ1n) is 6.58. The van der Waals surface area contributed by atoms with Gasteiger partial charge in [-0.1, -0.05) is 38.3 Å². The van der Waals surface area contributed by atoms with Crippen molar-refractivity contribution in [2.24, 2.45) is 0 Å². The first-order chi connectivity index (χ1) is 8.81. The van der Waals surface area contributed by atoms with Crippen molar-refractivity contribution in [1.82, 2.24) is 9.55 Å². The van der Waals surface area contributed by atoms with Gasteiger partial charge in [-0.2, -0.15) is 0 Å². The molecule has 0 atom stereocenters. The first kappa shape index (κ1) is 13.6. The van der Waals surface area contributed by atoms with E-state index in [9.17, 15) is 0 Å². The maximum absolute atomic E-state index is 4.48. The Morgan fingerprint density at radius 3 is 2.61 bits per heavy atom. The van der Waals surface area contributed by atoms with Gasteiger partial charge in [0.05, 0.1) is 0 Å². The van der Waals surface area contributed by atoms with Gasteiger partial charge in [-0.05, 0) is 41.1 Å². The van der Waals surface area contributed by atoms with E-state index in [0.29, 0.717) is 0 Å². The summed E-state index contributed by atoms with van der Waals surface area (Å²) in [5.74, 6) is 1.09. The van der Waals surface area contributed by atoms with Crippen LogP contribution in [-0.2, 0) is 6.54 Å². The minimum absolute atomic E-state index is 1.07. The van der Waals surface area contributed by atoms with Crippen molar-refractivity contribution < 1.29 is 0 Å². The molecule has 0 aliphatic heterocycles. The average molecular weight is 354 g/mol. The molecule has 0 aliphatic rings. The molecule has 1 aromatic heterocycles. The van der Waals surface area contributed by atoms with Crippen molar-refractivity contribution in [2.45, 2.75) is 39.2 Å². The number of nitrogens with zero attached hydrogens (tertiary/aromatic N) is 2. The van der Waals surface area contributed by atoms with Gasteiger partial charge in [0, 0.05) is 28.1 Å². The second-order valence-corrected chi connectivity index (χ2v) is 5.76. The average Bonchev–Trinajstić information content (AvgIpc) is 2.84. The van der Waals surface area contributed by atoms with Crippen LogP contribution in [0.25, 0.3) is 11.4 Å². The Morgan fingerprint density at radius 2 is 1.89 bits per heavy atom. The Bertz CT molecular complexity index is 473. The maximum Gasteiger partial charge on any atom is 0.139 e. The number of imidazole rings is 1. The van der Waals surface area contributed by atoms with E-state index in [2.05, 4.69) is 69.5 Å². The number of unbranched alkanes of at least 4 members (excludes halogenated alkanes) is 3. The lowest BCUT2D eigenvalue weighted by Gasteiger charge is -2.07. The summed E-state index contributed by atoms with van der Waals surface area (Å²) >= 11 is 2.33. The zero-order chi connectivity index (χ0) is 12.8. The zero-order valence-corrected chi connectivity index (χ0v) is 12.9. The molecule has 0 bridgehead atoms. The van der Waals surface area contributed by atoms with Crippen LogP contribution >= 0.6 is 22.6 Å². The molecule has 0 unspecified atom stereocenters. The molecule has 96 valence electrons. The minimum Gasteiger partial charge on any atom is -0.331 e. The van der Waals surface area contributed by atoms with Gasteiger partial charge in [0.2, 0.25) is 0 Å². The van der Waals surface area contributed by atoms with Crippen LogP contribution in [-0.4, -0.2) is 9.55 Å². The number of rotatable bonds is 6. The van der Waals surface area contributed by atoms with Crippen LogP contribution in [0.2, 0.25) is 0 Å². The molecule has 3 heteroatoms. The van der Waals surface area contributed by atoms with Gasteiger partial charge in [0.25, 0.3) is 0 Å². The molecule has 2 rings (SSSR count). The van der Waals surface area contributed by atoms with Crippen LogP contribution in [0.3, 0.4) is 0 Å². The summed E-state index contributed by atoms with van der Waals surface area (Å²) in [6.07, 6.45) is 9.14. The summed E-state index contributed by atoms with van der Waals surface area (Å²) in [7, 11) is 0. The molecular weight excluding hydrogens is 335 g/mol. The highest BCUT2D eigenvalue weighted by atomic mass is 127. The van der Waals surface area contributed by atoms with Gasteiger partial charge >= 0.3 is 0 Å². The summed E-state index contributed by atoms with van der Waals surface area (Å²) < 4.78 is 3.52. The van der Waals surface area contributed by atoms with Crippen LogP contribution in [0.4, 0.5) is 0 Å². The van der Waals surface area contributed by atoms with E-state index in [1.807, 2.05) is 6.20 Å². The zero-order valence-electron chi connectivity index (χ0n) is 10.8. The molecule has 0 amide bonds. The molecule has 1 heterocycles. The van der Waals surface area contributed by atoms with Crippen molar-refractivity contribution in [3.8, 4) is 11.4 Å². The van der Waals surface area contributed by atoms with Gasteiger partial charge in [-0.25, -0.2) is 4.98 Å². The fourth-order valence-electron chi connectivity index (χ4n) is 2.06. The van der Waals surface area contributed by atoms with E-state index in [4.69, 9.17) is 0 Å². The highest BCUT2D eigenvalue weighted by molar-refractivity contribution is 14.1. The summed E-state index contributed by atoms with van der Waals surface area (Å²) in [5.41, 5.74) is 1.20. The first-order valence-corrected chi connectivity index (χ1v) is 7.66. The minimum atomic E-state index is 1.07. The van der Waals surface area contributed by atoms with E-state index in [1.54, 1.807) is 0 Å². The monoisotopic (exact) mass is 354 g/mol. The lowest BCUT2D eigenvalue weighted by Crippen LogP contribution is -1.99. The van der Waals surface area contributed by atoms with E-state index < -0.39 is 0 Å². The smallest absolute Gasteiger partial charge is 0.139 e. The number of benzene rings is 1. The molecule has 18 heavy (non-hydrogen) atoms. The van der Waals surface area contributed by atoms with Crippen molar-refractivity contribution >= 4 is 22.6 Å². The quantitative estimate of drug-likeness (QED) is 0.541. The van der Waals surface area contributed by atoms with Crippen molar-refractivity contribution in [2.75, 3.05) is 0 Å². The second-order valence-electron chi connectivity index (χ2n) is 4.51. The Balaban J connectivity index is 2.05. The lowest BCUT2D eigenvalue weighted by atomic mass is 10.2. The van der Waals surface area contributed by atoms with E-state index >= 15 is 0 Å². The third-order valence-corrected chi connectivity index (χ3v) is 3.79. The Morgan fingerprint density at radius 1 is 1.11 bits per heavy atom. The van der Waals surface area contributed by atoms with Gasteiger partial charge in [-0.15, -0.1) is 0 Å². The van der Waals surface area contributed by atoms with Crippen molar-refractivity contribution in [1.29, 1.82) is 0 Å². The van der Waals surface area contributed by atoms with Crippen molar-refractivity contribution in [3.05, 3.63) is 40.2 Å². The molecule has 0 saturated heterocycles. The van der Waals surface area contributed by atoms with Gasteiger partial charge in [0.15, 0.2) is 0 Å². The number of aromatic nitrogens is 2.